The summed E-state index contributed by atoms with van der Waals surface area (Å²) in [5, 5.41) is 1.46. The van der Waals surface area contributed by atoms with E-state index in [0.29, 0.717) is 16.4 Å². The molecule has 2 aromatic heterocycles. The highest BCUT2D eigenvalue weighted by Crippen LogP contribution is 2.26. The molecule has 1 aromatic carbocycles. The maximum Gasteiger partial charge on any atom is 0.227 e. The second kappa shape index (κ2) is 5.55. The number of fused-ring (bicyclic) bond motifs is 1. The summed E-state index contributed by atoms with van der Waals surface area (Å²) in [5.41, 5.74) is 8.59. The predicted octanol–water partition coefficient (Wildman–Crippen LogP) is 3.52. The SMILES string of the molecule is [CH2]C(N)n1c(C(=O)c2cc(C)ccn2)cc2cc(Cl)ccc21. The highest BCUT2D eigenvalue weighted by Gasteiger charge is 2.20. The van der Waals surface area contributed by atoms with Crippen molar-refractivity contribution in [3.8, 4) is 0 Å². The molecule has 22 heavy (non-hydrogen) atoms. The largest absolute Gasteiger partial charge is 0.322 e. The topological polar surface area (TPSA) is 60.9 Å². The van der Waals surface area contributed by atoms with E-state index in [4.69, 9.17) is 17.3 Å². The average Bonchev–Trinajstić information content (AvgIpc) is 2.84. The molecule has 1 unspecified atom stereocenters. The van der Waals surface area contributed by atoms with Crippen molar-refractivity contribution >= 4 is 28.3 Å². The van der Waals surface area contributed by atoms with Crippen LogP contribution in [0.15, 0.2) is 42.6 Å². The quantitative estimate of drug-likeness (QED) is 0.753. The Labute approximate surface area is 133 Å². The Morgan fingerprint density at radius 3 is 2.77 bits per heavy atom. The van der Waals surface area contributed by atoms with E-state index in [-0.39, 0.29) is 5.78 Å². The van der Waals surface area contributed by atoms with Gasteiger partial charge in [0.2, 0.25) is 5.78 Å². The van der Waals surface area contributed by atoms with Gasteiger partial charge in [-0.05, 0) is 55.8 Å². The molecular formula is C17H15ClN3O. The van der Waals surface area contributed by atoms with Gasteiger partial charge in [-0.25, -0.2) is 0 Å². The van der Waals surface area contributed by atoms with E-state index >= 15 is 0 Å². The number of pyridine rings is 1. The minimum atomic E-state index is -0.581. The number of hydrogen-bond acceptors (Lipinski definition) is 3. The lowest BCUT2D eigenvalue weighted by molar-refractivity contribution is 0.102. The van der Waals surface area contributed by atoms with Crippen molar-refractivity contribution in [2.45, 2.75) is 13.1 Å². The highest BCUT2D eigenvalue weighted by molar-refractivity contribution is 6.31. The second-order valence-corrected chi connectivity index (χ2v) is 5.65. The lowest BCUT2D eigenvalue weighted by Gasteiger charge is -2.13. The van der Waals surface area contributed by atoms with E-state index < -0.39 is 6.17 Å². The summed E-state index contributed by atoms with van der Waals surface area (Å²) < 4.78 is 1.71. The summed E-state index contributed by atoms with van der Waals surface area (Å²) in [5.74, 6) is -0.185. The predicted molar refractivity (Wildman–Crippen MR) is 87.9 cm³/mol. The smallest absolute Gasteiger partial charge is 0.227 e. The Balaban J connectivity index is 2.21. The summed E-state index contributed by atoms with van der Waals surface area (Å²) in [6.07, 6.45) is 1.04. The standard InChI is InChI=1S/C17H15ClN3O/c1-10-5-6-20-14(7-10)17(22)16-9-12-8-13(18)3-4-15(12)21(16)11(2)19/h3-9,11H,2,19H2,1H3. The Morgan fingerprint density at radius 2 is 2.09 bits per heavy atom. The van der Waals surface area contributed by atoms with Crippen molar-refractivity contribution in [1.82, 2.24) is 9.55 Å². The van der Waals surface area contributed by atoms with E-state index in [1.807, 2.05) is 19.1 Å². The molecule has 0 saturated carbocycles. The van der Waals surface area contributed by atoms with Gasteiger partial charge < -0.3 is 10.3 Å². The van der Waals surface area contributed by atoms with Gasteiger partial charge in [0.15, 0.2) is 0 Å². The molecule has 0 saturated heterocycles. The first-order valence-corrected chi connectivity index (χ1v) is 7.21. The van der Waals surface area contributed by atoms with Gasteiger partial charge in [0, 0.05) is 16.6 Å². The third-order valence-corrected chi connectivity index (χ3v) is 3.75. The number of aromatic nitrogens is 2. The fourth-order valence-corrected chi connectivity index (χ4v) is 2.71. The summed E-state index contributed by atoms with van der Waals surface area (Å²) in [6, 6.07) is 10.8. The zero-order valence-corrected chi connectivity index (χ0v) is 12.8. The molecule has 111 valence electrons. The van der Waals surface area contributed by atoms with Crippen LogP contribution in [0.1, 0.15) is 27.9 Å². The van der Waals surface area contributed by atoms with E-state index in [2.05, 4.69) is 11.9 Å². The molecule has 0 spiro atoms. The Hall–Kier alpha value is -2.17. The lowest BCUT2D eigenvalue weighted by atomic mass is 10.1. The van der Waals surface area contributed by atoms with Crippen molar-refractivity contribution in [2.75, 3.05) is 0 Å². The van der Waals surface area contributed by atoms with Crippen LogP contribution < -0.4 is 5.73 Å². The molecule has 0 amide bonds. The molecule has 1 radical (unpaired) electrons. The van der Waals surface area contributed by atoms with Gasteiger partial charge in [0.25, 0.3) is 0 Å². The number of aryl methyl sites for hydroxylation is 1. The molecule has 2 heterocycles. The van der Waals surface area contributed by atoms with Crippen molar-refractivity contribution in [3.05, 3.63) is 71.5 Å². The minimum absolute atomic E-state index is 0.185. The van der Waals surface area contributed by atoms with Crippen LogP contribution in [0.3, 0.4) is 0 Å². The molecule has 0 fully saturated rings. The molecular weight excluding hydrogens is 298 g/mol. The number of hydrogen-bond donors (Lipinski definition) is 1. The molecule has 0 bridgehead atoms. The van der Waals surface area contributed by atoms with Gasteiger partial charge in [-0.2, -0.15) is 0 Å². The van der Waals surface area contributed by atoms with Crippen LogP contribution in [0.4, 0.5) is 0 Å². The number of nitrogens with zero attached hydrogens (tertiary/aromatic N) is 2. The summed E-state index contributed by atoms with van der Waals surface area (Å²) in [7, 11) is 0. The molecule has 2 N–H and O–H groups in total. The van der Waals surface area contributed by atoms with Crippen molar-refractivity contribution < 1.29 is 4.79 Å². The molecule has 0 aliphatic carbocycles. The van der Waals surface area contributed by atoms with Crippen molar-refractivity contribution in [1.29, 1.82) is 0 Å². The number of carbonyl (C=O) groups is 1. The first-order chi connectivity index (χ1) is 10.5. The van der Waals surface area contributed by atoms with E-state index in [1.54, 1.807) is 35.0 Å². The number of carbonyl (C=O) groups excluding carboxylic acids is 1. The molecule has 3 rings (SSSR count). The molecule has 5 heteroatoms. The summed E-state index contributed by atoms with van der Waals surface area (Å²) in [4.78, 5) is 16.9. The Bertz CT molecular complexity index is 867. The lowest BCUT2D eigenvalue weighted by Crippen LogP contribution is -2.20. The van der Waals surface area contributed by atoms with Gasteiger partial charge >= 0.3 is 0 Å². The summed E-state index contributed by atoms with van der Waals surface area (Å²) >= 11 is 6.02. The van der Waals surface area contributed by atoms with Gasteiger partial charge in [-0.15, -0.1) is 0 Å². The van der Waals surface area contributed by atoms with Gasteiger partial charge in [0.05, 0.1) is 17.4 Å². The third kappa shape index (κ3) is 2.51. The number of ketones is 1. The van der Waals surface area contributed by atoms with Crippen LogP contribution in [-0.4, -0.2) is 15.3 Å². The van der Waals surface area contributed by atoms with Crippen LogP contribution in [0.5, 0.6) is 0 Å². The number of halogens is 1. The van der Waals surface area contributed by atoms with Gasteiger partial charge in [-0.1, -0.05) is 11.6 Å². The van der Waals surface area contributed by atoms with Crippen molar-refractivity contribution in [2.24, 2.45) is 5.73 Å². The van der Waals surface area contributed by atoms with Crippen molar-refractivity contribution in [3.63, 3.8) is 0 Å². The zero-order chi connectivity index (χ0) is 15.9. The molecule has 0 aliphatic rings. The summed E-state index contributed by atoms with van der Waals surface area (Å²) in [6.45, 7) is 5.76. The fraction of sp³-hybridized carbons (Fsp3) is 0.118. The Kier molecular flexibility index (Phi) is 3.72. The molecule has 1 atom stereocenters. The van der Waals surface area contributed by atoms with Gasteiger partial charge in [-0.3, -0.25) is 9.78 Å². The Morgan fingerprint density at radius 1 is 1.32 bits per heavy atom. The van der Waals surface area contributed by atoms with Crippen LogP contribution in [0, 0.1) is 13.8 Å². The van der Waals surface area contributed by atoms with E-state index in [0.717, 1.165) is 16.5 Å². The van der Waals surface area contributed by atoms with Gasteiger partial charge in [0.1, 0.15) is 5.69 Å². The minimum Gasteiger partial charge on any atom is -0.322 e. The van der Waals surface area contributed by atoms with E-state index in [1.165, 1.54) is 0 Å². The van der Waals surface area contributed by atoms with Crippen LogP contribution in [0.2, 0.25) is 5.02 Å². The molecule has 4 nitrogen and oxygen atoms in total. The molecule has 3 aromatic rings. The average molecular weight is 313 g/mol. The van der Waals surface area contributed by atoms with E-state index in [9.17, 15) is 4.79 Å². The van der Waals surface area contributed by atoms with Crippen LogP contribution >= 0.6 is 11.6 Å². The van der Waals surface area contributed by atoms with Crippen LogP contribution in [0.25, 0.3) is 10.9 Å². The maximum atomic E-state index is 12.8. The number of rotatable bonds is 3. The van der Waals surface area contributed by atoms with Crippen LogP contribution in [-0.2, 0) is 0 Å². The first kappa shape index (κ1) is 14.8. The molecule has 0 aliphatic heterocycles. The number of nitrogens with two attached hydrogens (primary N) is 1. The number of benzene rings is 1. The third-order valence-electron chi connectivity index (χ3n) is 3.51. The highest BCUT2D eigenvalue weighted by atomic mass is 35.5. The monoisotopic (exact) mass is 312 g/mol. The normalized spacial score (nSPS) is 12.5. The zero-order valence-electron chi connectivity index (χ0n) is 12.1. The fourth-order valence-electron chi connectivity index (χ4n) is 2.53. The first-order valence-electron chi connectivity index (χ1n) is 6.84. The second-order valence-electron chi connectivity index (χ2n) is 5.22. The maximum absolute atomic E-state index is 12.8.